The average Bonchev–Trinajstić information content (AvgIpc) is 3.26. The second-order valence-electron chi connectivity index (χ2n) is 8.04. The quantitative estimate of drug-likeness (QED) is 0.340. The Kier molecular flexibility index (Phi) is 7.36. The van der Waals surface area contributed by atoms with Crippen molar-refractivity contribution in [3.05, 3.63) is 65.5 Å². The Morgan fingerprint density at radius 3 is 2.40 bits per heavy atom. The van der Waals surface area contributed by atoms with E-state index in [0.717, 1.165) is 12.8 Å². The predicted octanol–water partition coefficient (Wildman–Crippen LogP) is 4.13. The van der Waals surface area contributed by atoms with Gasteiger partial charge in [-0.1, -0.05) is 0 Å². The number of rotatable bonds is 9. The molecule has 0 atom stereocenters. The Hall–Kier alpha value is -3.85. The van der Waals surface area contributed by atoms with Gasteiger partial charge in [0.05, 0.1) is 12.8 Å². The molecule has 0 saturated carbocycles. The minimum absolute atomic E-state index is 0.0915. The number of ether oxygens (including phenoxy) is 1. The average molecular weight is 497 g/mol. The number of alkyl halides is 1. The predicted molar refractivity (Wildman–Crippen MR) is 132 cm³/mol. The molecule has 0 bridgehead atoms. The van der Waals surface area contributed by atoms with Crippen LogP contribution in [0.5, 0.6) is 5.75 Å². The number of aromatic nitrogens is 2. The number of carbonyl (C=O) groups is 3. The maximum atomic E-state index is 13.5. The first-order valence-corrected chi connectivity index (χ1v) is 11.7. The van der Waals surface area contributed by atoms with Crippen molar-refractivity contribution in [2.75, 3.05) is 29.8 Å². The summed E-state index contributed by atoms with van der Waals surface area (Å²) in [5.41, 5.74) is 2.32. The van der Waals surface area contributed by atoms with Gasteiger partial charge in [0.25, 0.3) is 5.91 Å². The Morgan fingerprint density at radius 2 is 1.77 bits per heavy atom. The van der Waals surface area contributed by atoms with Crippen molar-refractivity contribution in [1.29, 1.82) is 0 Å². The van der Waals surface area contributed by atoms with Gasteiger partial charge in [0.15, 0.2) is 5.69 Å². The zero-order chi connectivity index (χ0) is 24.9. The van der Waals surface area contributed by atoms with Crippen LogP contribution in [0.25, 0.3) is 5.69 Å². The summed E-state index contributed by atoms with van der Waals surface area (Å²) in [7, 11) is 1.55. The van der Waals surface area contributed by atoms with Crippen molar-refractivity contribution in [2.24, 2.45) is 0 Å². The lowest BCUT2D eigenvalue weighted by atomic mass is 10.0. The van der Waals surface area contributed by atoms with Crippen molar-refractivity contribution in [3.63, 3.8) is 0 Å². The number of carboxylic acid groups (broad SMARTS) is 1. The summed E-state index contributed by atoms with van der Waals surface area (Å²) in [4.78, 5) is 39.0. The second-order valence-corrected chi connectivity index (χ2v) is 8.42. The number of anilines is 2. The maximum absolute atomic E-state index is 13.5. The fourth-order valence-electron chi connectivity index (χ4n) is 4.02. The molecule has 0 radical (unpaired) electrons. The van der Waals surface area contributed by atoms with Crippen molar-refractivity contribution < 1.29 is 24.2 Å². The molecule has 0 spiro atoms. The monoisotopic (exact) mass is 496 g/mol. The third-order valence-electron chi connectivity index (χ3n) is 5.79. The summed E-state index contributed by atoms with van der Waals surface area (Å²) in [5, 5.41) is 16.7. The molecule has 0 unspecified atom stereocenters. The molecule has 1 aliphatic rings. The van der Waals surface area contributed by atoms with E-state index >= 15 is 0 Å². The van der Waals surface area contributed by atoms with E-state index in [-0.39, 0.29) is 23.2 Å². The van der Waals surface area contributed by atoms with Crippen molar-refractivity contribution >= 4 is 40.8 Å². The lowest BCUT2D eigenvalue weighted by Crippen LogP contribution is -2.39. The van der Waals surface area contributed by atoms with Crippen LogP contribution in [-0.4, -0.2) is 52.2 Å². The first-order valence-electron chi connectivity index (χ1n) is 11.2. The highest BCUT2D eigenvalue weighted by molar-refractivity contribution is 6.17. The number of nitrogens with one attached hydrogen (secondary N) is 1. The number of carboxylic acids is 1. The summed E-state index contributed by atoms with van der Waals surface area (Å²) in [6.07, 6.45) is 2.24. The molecule has 10 heteroatoms. The number of amides is 2. The normalized spacial score (nSPS) is 12.9. The molecular weight excluding hydrogens is 472 g/mol. The van der Waals surface area contributed by atoms with Crippen LogP contribution in [0.1, 0.15) is 45.8 Å². The standard InChI is InChI=1S/C25H25ClN4O5/c1-35-19-11-9-18(10-12-19)30-23-20(22(28-30)25(33)34)13-15-29(24(23)32)17-7-5-16(6-8-17)27-21(31)4-2-3-14-26/h5-12H,2-4,13-15H2,1H3,(H,27,31)(H,33,34). The molecule has 182 valence electrons. The first kappa shape index (κ1) is 24.3. The summed E-state index contributed by atoms with van der Waals surface area (Å²) >= 11 is 5.65. The van der Waals surface area contributed by atoms with Gasteiger partial charge in [-0.25, -0.2) is 9.48 Å². The Balaban J connectivity index is 1.59. The fraction of sp³-hybridized carbons (Fsp3) is 0.280. The lowest BCUT2D eigenvalue weighted by Gasteiger charge is -2.28. The molecule has 1 aliphatic heterocycles. The molecule has 0 saturated heterocycles. The van der Waals surface area contributed by atoms with Crippen LogP contribution in [0.2, 0.25) is 0 Å². The van der Waals surface area contributed by atoms with Gasteiger partial charge in [-0.3, -0.25) is 9.59 Å². The van der Waals surface area contributed by atoms with E-state index in [9.17, 15) is 19.5 Å². The molecule has 0 fully saturated rings. The fourth-order valence-corrected chi connectivity index (χ4v) is 4.21. The van der Waals surface area contributed by atoms with Gasteiger partial charge in [0.2, 0.25) is 5.91 Å². The van der Waals surface area contributed by atoms with Gasteiger partial charge in [-0.15, -0.1) is 11.6 Å². The highest BCUT2D eigenvalue weighted by atomic mass is 35.5. The van der Waals surface area contributed by atoms with Crippen LogP contribution < -0.4 is 15.0 Å². The van der Waals surface area contributed by atoms with Gasteiger partial charge in [0, 0.05) is 35.8 Å². The summed E-state index contributed by atoms with van der Waals surface area (Å²) in [5.74, 6) is -0.460. The zero-order valence-electron chi connectivity index (χ0n) is 19.2. The van der Waals surface area contributed by atoms with Crippen LogP contribution in [0.4, 0.5) is 11.4 Å². The Morgan fingerprint density at radius 1 is 1.09 bits per heavy atom. The highest BCUT2D eigenvalue weighted by Crippen LogP contribution is 2.30. The number of unbranched alkanes of at least 4 members (excludes halogenated alkanes) is 1. The molecule has 2 amide bonds. The minimum atomic E-state index is -1.18. The van der Waals surface area contributed by atoms with Crippen LogP contribution >= 0.6 is 11.6 Å². The molecule has 2 aromatic carbocycles. The number of hydrogen-bond acceptors (Lipinski definition) is 5. The molecule has 4 rings (SSSR count). The van der Waals surface area contributed by atoms with Crippen LogP contribution in [-0.2, 0) is 11.2 Å². The Bertz CT molecular complexity index is 1240. The number of methoxy groups -OCH3 is 1. The van der Waals surface area contributed by atoms with E-state index in [4.69, 9.17) is 16.3 Å². The Labute approximate surface area is 207 Å². The number of nitrogens with zero attached hydrogens (tertiary/aromatic N) is 3. The third kappa shape index (κ3) is 5.14. The van der Waals surface area contributed by atoms with E-state index in [1.807, 2.05) is 0 Å². The molecule has 3 aromatic rings. The number of aromatic carboxylic acids is 1. The molecule has 0 aliphatic carbocycles. The van der Waals surface area contributed by atoms with Crippen molar-refractivity contribution in [3.8, 4) is 11.4 Å². The van der Waals surface area contributed by atoms with Crippen LogP contribution in [0.3, 0.4) is 0 Å². The summed E-state index contributed by atoms with van der Waals surface area (Å²) in [6.45, 7) is 0.310. The van der Waals surface area contributed by atoms with Gasteiger partial charge in [0.1, 0.15) is 11.4 Å². The van der Waals surface area contributed by atoms with E-state index < -0.39 is 5.97 Å². The smallest absolute Gasteiger partial charge is 0.356 e. The second kappa shape index (κ2) is 10.6. The van der Waals surface area contributed by atoms with E-state index in [1.54, 1.807) is 60.5 Å². The third-order valence-corrected chi connectivity index (χ3v) is 6.05. The molecular formula is C25H25ClN4O5. The van der Waals surface area contributed by atoms with Gasteiger partial charge >= 0.3 is 5.97 Å². The number of fused-ring (bicyclic) bond motifs is 1. The topological polar surface area (TPSA) is 114 Å². The maximum Gasteiger partial charge on any atom is 0.356 e. The van der Waals surface area contributed by atoms with Crippen LogP contribution in [0, 0.1) is 0 Å². The molecule has 2 N–H and O–H groups in total. The number of hydrogen-bond donors (Lipinski definition) is 2. The number of halogens is 1. The van der Waals surface area contributed by atoms with Gasteiger partial charge < -0.3 is 20.1 Å². The number of benzene rings is 2. The highest BCUT2D eigenvalue weighted by Gasteiger charge is 2.35. The minimum Gasteiger partial charge on any atom is -0.497 e. The van der Waals surface area contributed by atoms with E-state index in [1.165, 1.54) is 4.68 Å². The largest absolute Gasteiger partial charge is 0.497 e. The molecule has 9 nitrogen and oxygen atoms in total. The van der Waals surface area contributed by atoms with Gasteiger partial charge in [-0.05, 0) is 67.8 Å². The van der Waals surface area contributed by atoms with Crippen molar-refractivity contribution in [1.82, 2.24) is 9.78 Å². The summed E-state index contributed by atoms with van der Waals surface area (Å²) in [6, 6.07) is 13.9. The molecule has 2 heterocycles. The van der Waals surface area contributed by atoms with E-state index in [0.29, 0.717) is 53.6 Å². The van der Waals surface area contributed by atoms with Gasteiger partial charge in [-0.2, -0.15) is 5.10 Å². The van der Waals surface area contributed by atoms with Crippen molar-refractivity contribution in [2.45, 2.75) is 25.7 Å². The molecule has 1 aromatic heterocycles. The molecule has 35 heavy (non-hydrogen) atoms. The van der Waals surface area contributed by atoms with E-state index in [2.05, 4.69) is 10.4 Å². The zero-order valence-corrected chi connectivity index (χ0v) is 19.9. The number of carbonyl (C=O) groups excluding carboxylic acids is 2. The first-order chi connectivity index (χ1) is 16.9. The lowest BCUT2D eigenvalue weighted by molar-refractivity contribution is -0.116. The SMILES string of the molecule is COc1ccc(-n2nc(C(=O)O)c3c2C(=O)N(c2ccc(NC(=O)CCCCCl)cc2)CC3)cc1. The van der Waals surface area contributed by atoms with Crippen LogP contribution in [0.15, 0.2) is 48.5 Å². The summed E-state index contributed by atoms with van der Waals surface area (Å²) < 4.78 is 6.56.